The van der Waals surface area contributed by atoms with Gasteiger partial charge in [0.1, 0.15) is 5.75 Å². The van der Waals surface area contributed by atoms with Crippen LogP contribution in [0.4, 0.5) is 0 Å². The molecule has 0 aliphatic carbocycles. The summed E-state index contributed by atoms with van der Waals surface area (Å²) in [5, 5.41) is 7.01. The summed E-state index contributed by atoms with van der Waals surface area (Å²) in [5.74, 6) is 0.743. The lowest BCUT2D eigenvalue weighted by Gasteiger charge is -2.25. The van der Waals surface area contributed by atoms with Crippen LogP contribution >= 0.6 is 24.0 Å². The number of nitrogens with one attached hydrogen (secondary N) is 2. The number of carbonyl (C=O) groups excluding carboxylic acids is 1. The Morgan fingerprint density at radius 2 is 2.30 bits per heavy atom. The molecule has 1 aromatic carbocycles. The van der Waals surface area contributed by atoms with Gasteiger partial charge in [-0.3, -0.25) is 4.79 Å². The maximum absolute atomic E-state index is 12.2. The highest BCUT2D eigenvalue weighted by Gasteiger charge is 2.30. The van der Waals surface area contributed by atoms with Gasteiger partial charge in [-0.1, -0.05) is 11.6 Å². The molecule has 0 saturated carbocycles. The second-order valence-electron chi connectivity index (χ2n) is 5.11. The highest BCUT2D eigenvalue weighted by molar-refractivity contribution is 6.30. The van der Waals surface area contributed by atoms with Crippen LogP contribution in [0.1, 0.15) is 18.4 Å². The van der Waals surface area contributed by atoms with Gasteiger partial charge < -0.3 is 15.4 Å². The van der Waals surface area contributed by atoms with E-state index in [4.69, 9.17) is 16.3 Å². The van der Waals surface area contributed by atoms with E-state index in [9.17, 15) is 4.79 Å². The maximum atomic E-state index is 12.2. The number of ether oxygens (including phenoxy) is 1. The van der Waals surface area contributed by atoms with Crippen LogP contribution in [0.25, 0.3) is 0 Å². The van der Waals surface area contributed by atoms with Crippen LogP contribution < -0.4 is 15.4 Å². The zero-order valence-corrected chi connectivity index (χ0v) is 12.6. The van der Waals surface area contributed by atoms with Gasteiger partial charge in [0.15, 0.2) is 6.10 Å². The van der Waals surface area contributed by atoms with Crippen molar-refractivity contribution in [3.63, 3.8) is 0 Å². The lowest BCUT2D eigenvalue weighted by molar-refractivity contribution is -0.128. The Morgan fingerprint density at radius 3 is 3.05 bits per heavy atom. The van der Waals surface area contributed by atoms with Gasteiger partial charge in [-0.05, 0) is 43.1 Å². The van der Waals surface area contributed by atoms with Crippen molar-refractivity contribution < 1.29 is 9.53 Å². The molecule has 2 aliphatic heterocycles. The molecule has 0 bridgehead atoms. The number of piperidine rings is 1. The number of hydrogen-bond donors (Lipinski definition) is 2. The zero-order chi connectivity index (χ0) is 13.2. The summed E-state index contributed by atoms with van der Waals surface area (Å²) in [7, 11) is 0. The second kappa shape index (κ2) is 6.66. The molecular weight excluding hydrogens is 299 g/mol. The fraction of sp³-hybridized carbons (Fsp3) is 0.500. The first-order chi connectivity index (χ1) is 9.22. The van der Waals surface area contributed by atoms with Gasteiger partial charge in [0.2, 0.25) is 0 Å². The van der Waals surface area contributed by atoms with Gasteiger partial charge in [0.25, 0.3) is 5.91 Å². The smallest absolute Gasteiger partial charge is 0.261 e. The first kappa shape index (κ1) is 15.4. The molecule has 1 unspecified atom stereocenters. The quantitative estimate of drug-likeness (QED) is 0.876. The van der Waals surface area contributed by atoms with E-state index in [0.717, 1.165) is 37.2 Å². The van der Waals surface area contributed by atoms with Crippen LogP contribution in [0.5, 0.6) is 5.75 Å². The van der Waals surface area contributed by atoms with Gasteiger partial charge in [-0.2, -0.15) is 0 Å². The van der Waals surface area contributed by atoms with Crippen molar-refractivity contribution in [2.24, 2.45) is 0 Å². The van der Waals surface area contributed by atoms with Gasteiger partial charge in [-0.15, -0.1) is 12.4 Å². The van der Waals surface area contributed by atoms with Crippen LogP contribution in [-0.2, 0) is 11.2 Å². The van der Waals surface area contributed by atoms with E-state index in [1.54, 1.807) is 6.07 Å². The Kier molecular flexibility index (Phi) is 5.13. The molecule has 4 nitrogen and oxygen atoms in total. The Balaban J connectivity index is 0.00000147. The Morgan fingerprint density at radius 1 is 1.45 bits per heavy atom. The van der Waals surface area contributed by atoms with Crippen molar-refractivity contribution in [3.8, 4) is 5.75 Å². The molecule has 6 heteroatoms. The number of amides is 1. The monoisotopic (exact) mass is 316 g/mol. The van der Waals surface area contributed by atoms with E-state index in [2.05, 4.69) is 10.6 Å². The maximum Gasteiger partial charge on any atom is 0.261 e. The molecule has 0 radical (unpaired) electrons. The SMILES string of the molecule is Cl.O=C(N[C@H]1CCCNC1)C1Cc2cc(Cl)ccc2O1. The third-order valence-corrected chi connectivity index (χ3v) is 3.87. The summed E-state index contributed by atoms with van der Waals surface area (Å²) in [6, 6.07) is 5.70. The summed E-state index contributed by atoms with van der Waals surface area (Å²) in [5.41, 5.74) is 1.01. The van der Waals surface area contributed by atoms with Crippen molar-refractivity contribution in [2.45, 2.75) is 31.4 Å². The number of hydrogen-bond acceptors (Lipinski definition) is 3. The fourth-order valence-electron chi connectivity index (χ4n) is 2.63. The molecule has 2 atom stereocenters. The first-order valence-electron chi connectivity index (χ1n) is 6.68. The average molecular weight is 317 g/mol. The highest BCUT2D eigenvalue weighted by Crippen LogP contribution is 2.31. The molecule has 110 valence electrons. The molecule has 1 fully saturated rings. The predicted octanol–water partition coefficient (Wildman–Crippen LogP) is 1.93. The van der Waals surface area contributed by atoms with E-state index in [-0.39, 0.29) is 24.4 Å². The second-order valence-corrected chi connectivity index (χ2v) is 5.55. The van der Waals surface area contributed by atoms with Gasteiger partial charge in [0.05, 0.1) is 0 Å². The molecule has 3 rings (SSSR count). The normalized spacial score (nSPS) is 24.2. The lowest BCUT2D eigenvalue weighted by atomic mass is 10.1. The Labute approximate surface area is 129 Å². The summed E-state index contributed by atoms with van der Waals surface area (Å²) < 4.78 is 5.67. The Hall–Kier alpha value is -0.970. The molecule has 0 spiro atoms. The third kappa shape index (κ3) is 3.37. The van der Waals surface area contributed by atoms with Crippen LogP contribution in [-0.4, -0.2) is 31.1 Å². The molecular formula is C14H18Cl2N2O2. The molecule has 20 heavy (non-hydrogen) atoms. The fourth-order valence-corrected chi connectivity index (χ4v) is 2.83. The summed E-state index contributed by atoms with van der Waals surface area (Å²) in [6.07, 6.45) is 2.31. The number of benzene rings is 1. The first-order valence-corrected chi connectivity index (χ1v) is 7.06. The van der Waals surface area contributed by atoms with E-state index in [1.165, 1.54) is 0 Å². The minimum Gasteiger partial charge on any atom is -0.480 e. The number of carbonyl (C=O) groups is 1. The summed E-state index contributed by atoms with van der Waals surface area (Å²) in [6.45, 7) is 1.88. The van der Waals surface area contributed by atoms with E-state index in [0.29, 0.717) is 11.4 Å². The predicted molar refractivity (Wildman–Crippen MR) is 80.9 cm³/mol. The minimum atomic E-state index is -0.421. The van der Waals surface area contributed by atoms with Crippen LogP contribution in [0, 0.1) is 0 Å². The molecule has 1 amide bonds. The van der Waals surface area contributed by atoms with Crippen LogP contribution in [0.15, 0.2) is 18.2 Å². The van der Waals surface area contributed by atoms with Gasteiger partial charge in [-0.25, -0.2) is 0 Å². The summed E-state index contributed by atoms with van der Waals surface area (Å²) in [4.78, 5) is 12.2. The largest absolute Gasteiger partial charge is 0.480 e. The number of halogens is 2. The van der Waals surface area contributed by atoms with E-state index >= 15 is 0 Å². The topological polar surface area (TPSA) is 50.4 Å². The minimum absolute atomic E-state index is 0. The summed E-state index contributed by atoms with van der Waals surface area (Å²) >= 11 is 5.94. The van der Waals surface area contributed by atoms with Crippen LogP contribution in [0.2, 0.25) is 5.02 Å². The van der Waals surface area contributed by atoms with Crippen molar-refractivity contribution in [1.82, 2.24) is 10.6 Å². The van der Waals surface area contributed by atoms with Crippen LogP contribution in [0.3, 0.4) is 0 Å². The lowest BCUT2D eigenvalue weighted by Crippen LogP contribution is -2.49. The Bertz CT molecular complexity index is 490. The third-order valence-electron chi connectivity index (χ3n) is 3.63. The molecule has 0 aromatic heterocycles. The standard InChI is InChI=1S/C14H17ClN2O2.ClH/c15-10-3-4-12-9(6-10)7-13(19-12)14(18)17-11-2-1-5-16-8-11;/h3-4,6,11,13,16H,1-2,5,7-8H2,(H,17,18);1H/t11-,13?;/m0./s1. The molecule has 2 N–H and O–H groups in total. The van der Waals surface area contributed by atoms with Crippen molar-refractivity contribution in [3.05, 3.63) is 28.8 Å². The molecule has 2 aliphatic rings. The van der Waals surface area contributed by atoms with Crippen molar-refractivity contribution >= 4 is 29.9 Å². The van der Waals surface area contributed by atoms with Crippen molar-refractivity contribution in [2.75, 3.05) is 13.1 Å². The number of rotatable bonds is 2. The van der Waals surface area contributed by atoms with E-state index < -0.39 is 6.10 Å². The average Bonchev–Trinajstić information content (AvgIpc) is 2.83. The number of fused-ring (bicyclic) bond motifs is 1. The van der Waals surface area contributed by atoms with E-state index in [1.807, 2.05) is 12.1 Å². The zero-order valence-electron chi connectivity index (χ0n) is 11.0. The van der Waals surface area contributed by atoms with Gasteiger partial charge >= 0.3 is 0 Å². The van der Waals surface area contributed by atoms with Gasteiger partial charge in [0, 0.05) is 24.0 Å². The highest BCUT2D eigenvalue weighted by atomic mass is 35.5. The molecule has 1 aromatic rings. The molecule has 2 heterocycles. The van der Waals surface area contributed by atoms with Crippen molar-refractivity contribution in [1.29, 1.82) is 0 Å². The molecule has 1 saturated heterocycles.